The Hall–Kier alpha value is -0.260. The molecule has 0 aromatic carbocycles. The van der Waals surface area contributed by atoms with E-state index in [9.17, 15) is 9.00 Å². The second kappa shape index (κ2) is 6.26. The first-order valence-corrected chi connectivity index (χ1v) is 7.86. The van der Waals surface area contributed by atoms with Gasteiger partial charge < -0.3 is 8.92 Å². The molecule has 0 aliphatic rings. The lowest BCUT2D eigenvalue weighted by Crippen LogP contribution is -2.30. The number of rotatable bonds is 3. The molecule has 9 heteroatoms. The Labute approximate surface area is 126 Å². The number of anilines is 1. The van der Waals surface area contributed by atoms with E-state index >= 15 is 0 Å². The molecule has 0 aliphatic heterocycles. The Morgan fingerprint density at radius 2 is 2.22 bits per heavy atom. The first-order chi connectivity index (χ1) is 8.24. The molecule has 6 nitrogen and oxygen atoms in total. The third kappa shape index (κ3) is 4.44. The summed E-state index contributed by atoms with van der Waals surface area (Å²) in [6.45, 7) is 5.36. The Kier molecular flexibility index (Phi) is 5.49. The predicted octanol–water partition coefficient (Wildman–Crippen LogP) is 2.42. The number of thiazole rings is 1. The number of amides is 1. The van der Waals surface area contributed by atoms with Crippen LogP contribution in [0.4, 0.5) is 9.93 Å². The number of carbonyl (C=O) groups is 1. The lowest BCUT2D eigenvalue weighted by Gasteiger charge is -2.21. The molecule has 0 radical (unpaired) electrons. The quantitative estimate of drug-likeness (QED) is 0.335. The highest BCUT2D eigenvalue weighted by atomic mass is 127. The van der Waals surface area contributed by atoms with E-state index in [1.807, 2.05) is 0 Å². The minimum absolute atomic E-state index is 0.336. The number of hydrogen-bond acceptors (Lipinski definition) is 5. The molecule has 102 valence electrons. The largest absolute Gasteiger partial charge is 0.443 e. The summed E-state index contributed by atoms with van der Waals surface area (Å²) in [5.74, 6) is 0. The van der Waals surface area contributed by atoms with Crippen LogP contribution >= 0.6 is 34.2 Å². The third-order valence-electron chi connectivity index (χ3n) is 1.54. The highest BCUT2D eigenvalue weighted by Crippen LogP contribution is 2.26. The molecule has 1 aromatic heterocycles. The molecule has 18 heavy (non-hydrogen) atoms. The lowest BCUT2D eigenvalue weighted by molar-refractivity contribution is 0.0617. The molecule has 1 amide bonds. The average molecular weight is 405 g/mol. The lowest BCUT2D eigenvalue weighted by atomic mass is 10.2. The van der Waals surface area contributed by atoms with Crippen molar-refractivity contribution < 1.29 is 17.9 Å². The van der Waals surface area contributed by atoms with E-state index in [0.29, 0.717) is 10.2 Å². The van der Waals surface area contributed by atoms with Gasteiger partial charge in [-0.1, -0.05) is 0 Å². The van der Waals surface area contributed by atoms with Crippen molar-refractivity contribution in [3.05, 3.63) is 5.38 Å². The molecule has 0 saturated carbocycles. The topological polar surface area (TPSA) is 72.3 Å². The van der Waals surface area contributed by atoms with Crippen LogP contribution in [0.25, 0.3) is 0 Å². The van der Waals surface area contributed by atoms with Gasteiger partial charge in [-0.3, -0.25) is 0 Å². The van der Waals surface area contributed by atoms with Crippen molar-refractivity contribution in [2.75, 3.05) is 10.2 Å². The highest BCUT2D eigenvalue weighted by molar-refractivity contribution is 14.1. The predicted molar refractivity (Wildman–Crippen MR) is 79.4 cm³/mol. The summed E-state index contributed by atoms with van der Waals surface area (Å²) in [6, 6.07) is 0. The van der Waals surface area contributed by atoms with Crippen LogP contribution in [0.5, 0.6) is 0 Å². The van der Waals surface area contributed by atoms with Crippen molar-refractivity contribution in [2.24, 2.45) is 0 Å². The molecule has 0 saturated heterocycles. The van der Waals surface area contributed by atoms with Crippen LogP contribution in [-0.2, 0) is 15.8 Å². The van der Waals surface area contributed by atoms with Gasteiger partial charge in [-0.05, 0) is 20.8 Å². The van der Waals surface area contributed by atoms with Gasteiger partial charge in [0.2, 0.25) is 10.2 Å². The molecule has 1 heterocycles. The van der Waals surface area contributed by atoms with Crippen molar-refractivity contribution in [2.45, 2.75) is 31.4 Å². The molecule has 0 bridgehead atoms. The maximum absolute atomic E-state index is 11.8. The zero-order valence-electron chi connectivity index (χ0n) is 10.3. The first-order valence-electron chi connectivity index (χ1n) is 4.90. The molecule has 1 rings (SSSR count). The van der Waals surface area contributed by atoms with E-state index in [2.05, 4.69) is 9.17 Å². The van der Waals surface area contributed by atoms with Crippen molar-refractivity contribution in [1.82, 2.24) is 4.98 Å². The van der Waals surface area contributed by atoms with Crippen LogP contribution in [0.3, 0.4) is 0 Å². The van der Waals surface area contributed by atoms with E-state index < -0.39 is 22.8 Å². The molecule has 0 aliphatic carbocycles. The molecular formula is C9H14IN2O4S2+. The minimum Gasteiger partial charge on any atom is -0.443 e. The molecule has 1 aromatic rings. The summed E-state index contributed by atoms with van der Waals surface area (Å²) in [5.41, 5.74) is -0.567. The number of aromatic nitrogens is 1. The van der Waals surface area contributed by atoms with Crippen LogP contribution in [0, 0.1) is 0 Å². The van der Waals surface area contributed by atoms with E-state index in [1.165, 1.54) is 21.6 Å². The summed E-state index contributed by atoms with van der Waals surface area (Å²) in [5, 5.41) is 2.36. The van der Waals surface area contributed by atoms with Gasteiger partial charge in [-0.25, -0.2) is 9.78 Å². The summed E-state index contributed by atoms with van der Waals surface area (Å²) in [7, 11) is 1.45. The van der Waals surface area contributed by atoms with E-state index in [-0.39, 0.29) is 0 Å². The van der Waals surface area contributed by atoms with Gasteiger partial charge in [0.05, 0.1) is 22.9 Å². The first kappa shape index (κ1) is 15.8. The van der Waals surface area contributed by atoms with Crippen LogP contribution < -0.4 is 3.11 Å². The van der Waals surface area contributed by atoms with Gasteiger partial charge in [-0.15, -0.1) is 11.3 Å². The second-order valence-electron chi connectivity index (χ2n) is 4.16. The normalized spacial score (nSPS) is 13.2. The highest BCUT2D eigenvalue weighted by Gasteiger charge is 2.25. The monoisotopic (exact) mass is 405 g/mol. The van der Waals surface area contributed by atoms with Crippen LogP contribution in [0.2, 0.25) is 0 Å². The minimum atomic E-state index is -1.48. The number of carbonyl (C=O) groups excluding carboxylic acids is 1. The zero-order valence-corrected chi connectivity index (χ0v) is 14.1. The number of halogens is 1. The maximum atomic E-state index is 11.8. The molecule has 0 fully saturated rings. The van der Waals surface area contributed by atoms with Crippen molar-refractivity contribution in [3.63, 3.8) is 0 Å². The number of ether oxygens (including phenoxy) is 1. The van der Waals surface area contributed by atoms with Crippen LogP contribution in [0.1, 0.15) is 20.8 Å². The summed E-state index contributed by atoms with van der Waals surface area (Å²) < 4.78 is 21.5. The number of aliphatic hydroxyl groups is 1. The Morgan fingerprint density at radius 1 is 1.61 bits per heavy atom. The molecule has 1 N–H and O–H groups in total. The summed E-state index contributed by atoms with van der Waals surface area (Å²) in [6.07, 6.45) is -0.511. The van der Waals surface area contributed by atoms with Crippen molar-refractivity contribution in [3.8, 4) is 0 Å². The summed E-state index contributed by atoms with van der Waals surface area (Å²) in [4.78, 5) is 15.8. The second-order valence-corrected chi connectivity index (χ2v) is 7.24. The molecule has 1 atom stereocenters. The fraction of sp³-hybridized carbons (Fsp3) is 0.556. The Morgan fingerprint density at radius 3 is 2.72 bits per heavy atom. The fourth-order valence-corrected chi connectivity index (χ4v) is 2.90. The van der Waals surface area contributed by atoms with Gasteiger partial charge in [0.15, 0.2) is 0 Å². The Balaban J connectivity index is 2.78. The van der Waals surface area contributed by atoms with E-state index in [0.717, 1.165) is 0 Å². The van der Waals surface area contributed by atoms with Crippen LogP contribution in [-0.4, -0.2) is 32.2 Å². The average Bonchev–Trinajstić information content (AvgIpc) is 2.73. The van der Waals surface area contributed by atoms with Gasteiger partial charge >= 0.3 is 17.2 Å². The van der Waals surface area contributed by atoms with Gasteiger partial charge in [0, 0.05) is 5.38 Å². The van der Waals surface area contributed by atoms with Gasteiger partial charge in [0.1, 0.15) is 12.7 Å². The van der Waals surface area contributed by atoms with Crippen molar-refractivity contribution in [1.29, 1.82) is 0 Å². The fourth-order valence-electron chi connectivity index (χ4n) is 0.894. The third-order valence-corrected chi connectivity index (χ3v) is 4.59. The SMILES string of the molecule is C[OH+]S(=O)c1csc(N(I)C(=O)OC(C)(C)C)n1. The molecule has 1 unspecified atom stereocenters. The van der Waals surface area contributed by atoms with Crippen LogP contribution in [0.15, 0.2) is 10.4 Å². The zero-order chi connectivity index (χ0) is 13.9. The number of nitrogens with zero attached hydrogens (tertiary/aromatic N) is 2. The maximum Gasteiger partial charge on any atom is 0.425 e. The Bertz CT molecular complexity index is 458. The van der Waals surface area contributed by atoms with Gasteiger partial charge in [-0.2, -0.15) is 7.32 Å². The van der Waals surface area contributed by atoms with Gasteiger partial charge in [0.25, 0.3) is 0 Å². The smallest absolute Gasteiger partial charge is 0.425 e. The number of hydrogen-bond donors (Lipinski definition) is 0. The molecule has 0 spiro atoms. The van der Waals surface area contributed by atoms with Crippen molar-refractivity contribution >= 4 is 56.5 Å². The standard InChI is InChI=1S/C9H13IN2O4S2/c1-9(2,3)16-8(13)12(10)7-11-6(5-17-7)18(14)15-4/h5H,1-4H3/p+1. The van der Waals surface area contributed by atoms with E-state index in [1.54, 1.807) is 49.0 Å². The van der Waals surface area contributed by atoms with E-state index in [4.69, 9.17) is 4.74 Å². The molecular weight excluding hydrogens is 391 g/mol. The summed E-state index contributed by atoms with van der Waals surface area (Å²) >= 11 is 1.53.